The number of benzene rings is 2. The van der Waals surface area contributed by atoms with Gasteiger partial charge in [0.05, 0.1) is 17.1 Å². The molecule has 0 radical (unpaired) electrons. The third kappa shape index (κ3) is 4.02. The average Bonchev–Trinajstić information content (AvgIpc) is 2.52. The first-order valence-electron chi connectivity index (χ1n) is 7.42. The number of anilines is 2. The third-order valence-electron chi connectivity index (χ3n) is 3.35. The van der Waals surface area contributed by atoms with Crippen molar-refractivity contribution in [3.8, 4) is 0 Å². The minimum atomic E-state index is -3.73. The van der Waals surface area contributed by atoms with E-state index in [1.54, 1.807) is 24.3 Å². The SMILES string of the molecule is C=CCN(c1cccc(C)c1)S(=O)(=O)c1ccc(NC(C)=O)cc1. The van der Waals surface area contributed by atoms with E-state index in [-0.39, 0.29) is 17.3 Å². The molecule has 0 aromatic heterocycles. The molecule has 2 aromatic rings. The molecule has 0 bridgehead atoms. The number of sulfonamides is 1. The predicted molar refractivity (Wildman–Crippen MR) is 96.7 cm³/mol. The maximum absolute atomic E-state index is 13.0. The Bertz CT molecular complexity index is 843. The zero-order chi connectivity index (χ0) is 17.7. The van der Waals surface area contributed by atoms with Crippen LogP contribution in [0.4, 0.5) is 11.4 Å². The number of carbonyl (C=O) groups is 1. The predicted octanol–water partition coefficient (Wildman–Crippen LogP) is 3.33. The summed E-state index contributed by atoms with van der Waals surface area (Å²) in [5.74, 6) is -0.210. The molecule has 0 aliphatic rings. The lowest BCUT2D eigenvalue weighted by atomic mass is 10.2. The van der Waals surface area contributed by atoms with E-state index in [1.807, 2.05) is 25.1 Å². The first kappa shape index (κ1) is 17.7. The number of nitrogens with zero attached hydrogens (tertiary/aromatic N) is 1. The topological polar surface area (TPSA) is 66.5 Å². The van der Waals surface area contributed by atoms with Gasteiger partial charge in [-0.05, 0) is 48.9 Å². The first-order chi connectivity index (χ1) is 11.3. The van der Waals surface area contributed by atoms with Gasteiger partial charge in [-0.3, -0.25) is 9.10 Å². The van der Waals surface area contributed by atoms with Gasteiger partial charge in [0.25, 0.3) is 10.0 Å². The van der Waals surface area contributed by atoms with Gasteiger partial charge in [0.15, 0.2) is 0 Å². The molecule has 0 heterocycles. The van der Waals surface area contributed by atoms with E-state index < -0.39 is 10.0 Å². The molecule has 0 spiro atoms. The van der Waals surface area contributed by atoms with Gasteiger partial charge >= 0.3 is 0 Å². The van der Waals surface area contributed by atoms with Crippen LogP contribution in [0.5, 0.6) is 0 Å². The van der Waals surface area contributed by atoms with Crippen LogP contribution in [0.1, 0.15) is 12.5 Å². The van der Waals surface area contributed by atoms with Gasteiger partial charge in [0.2, 0.25) is 5.91 Å². The molecule has 2 rings (SSSR count). The van der Waals surface area contributed by atoms with Crippen LogP contribution in [0.15, 0.2) is 66.1 Å². The van der Waals surface area contributed by atoms with Crippen molar-refractivity contribution in [1.82, 2.24) is 0 Å². The molecule has 0 saturated heterocycles. The second-order valence-electron chi connectivity index (χ2n) is 5.37. The minimum absolute atomic E-state index is 0.153. The maximum Gasteiger partial charge on any atom is 0.264 e. The minimum Gasteiger partial charge on any atom is -0.326 e. The Hall–Kier alpha value is -2.60. The molecule has 1 amide bonds. The second-order valence-corrected chi connectivity index (χ2v) is 7.23. The van der Waals surface area contributed by atoms with E-state index in [0.29, 0.717) is 11.4 Å². The summed E-state index contributed by atoms with van der Waals surface area (Å²) in [6.45, 7) is 7.12. The summed E-state index contributed by atoms with van der Waals surface area (Å²) in [4.78, 5) is 11.2. The molecule has 24 heavy (non-hydrogen) atoms. The number of hydrogen-bond acceptors (Lipinski definition) is 3. The van der Waals surface area contributed by atoms with E-state index in [1.165, 1.54) is 23.4 Å². The Labute approximate surface area is 142 Å². The third-order valence-corrected chi connectivity index (χ3v) is 5.16. The van der Waals surface area contributed by atoms with Crippen LogP contribution in [0, 0.1) is 6.92 Å². The van der Waals surface area contributed by atoms with Crippen molar-refractivity contribution in [2.24, 2.45) is 0 Å². The molecule has 126 valence electrons. The molecule has 0 saturated carbocycles. The number of aryl methyl sites for hydroxylation is 1. The van der Waals surface area contributed by atoms with Gasteiger partial charge in [-0.25, -0.2) is 8.42 Å². The number of hydrogen-bond donors (Lipinski definition) is 1. The van der Waals surface area contributed by atoms with Crippen molar-refractivity contribution in [1.29, 1.82) is 0 Å². The zero-order valence-corrected chi connectivity index (χ0v) is 14.5. The lowest BCUT2D eigenvalue weighted by Gasteiger charge is -2.23. The van der Waals surface area contributed by atoms with E-state index >= 15 is 0 Å². The number of amides is 1. The first-order valence-corrected chi connectivity index (χ1v) is 8.86. The second kappa shape index (κ2) is 7.31. The number of carbonyl (C=O) groups excluding carboxylic acids is 1. The highest BCUT2D eigenvalue weighted by molar-refractivity contribution is 7.92. The smallest absolute Gasteiger partial charge is 0.264 e. The summed E-state index contributed by atoms with van der Waals surface area (Å²) < 4.78 is 27.2. The van der Waals surface area contributed by atoms with E-state index in [0.717, 1.165) is 5.56 Å². The lowest BCUT2D eigenvalue weighted by Crippen LogP contribution is -2.31. The summed E-state index contributed by atoms with van der Waals surface area (Å²) in [5.41, 5.74) is 2.10. The van der Waals surface area contributed by atoms with Crippen LogP contribution in [0.2, 0.25) is 0 Å². The van der Waals surface area contributed by atoms with Gasteiger partial charge in [0, 0.05) is 12.6 Å². The molecule has 1 N–H and O–H groups in total. The van der Waals surface area contributed by atoms with Gasteiger partial charge in [-0.1, -0.05) is 18.2 Å². The molecule has 2 aromatic carbocycles. The summed E-state index contributed by atoms with van der Waals surface area (Å²) in [5, 5.41) is 2.61. The van der Waals surface area contributed by atoms with E-state index in [4.69, 9.17) is 0 Å². The highest BCUT2D eigenvalue weighted by Gasteiger charge is 2.24. The van der Waals surface area contributed by atoms with Gasteiger partial charge in [-0.15, -0.1) is 6.58 Å². The maximum atomic E-state index is 13.0. The molecule has 6 heteroatoms. The molecule has 0 atom stereocenters. The van der Waals surface area contributed by atoms with Gasteiger partial charge in [0.1, 0.15) is 0 Å². The summed E-state index contributed by atoms with van der Waals surface area (Å²) in [7, 11) is -3.73. The fourth-order valence-electron chi connectivity index (χ4n) is 2.28. The Morgan fingerprint density at radius 1 is 1.21 bits per heavy atom. The van der Waals surface area contributed by atoms with Crippen LogP contribution in [0.25, 0.3) is 0 Å². The molecule has 0 unspecified atom stereocenters. The highest BCUT2D eigenvalue weighted by atomic mass is 32.2. The Balaban J connectivity index is 2.41. The Morgan fingerprint density at radius 3 is 2.42 bits per heavy atom. The summed E-state index contributed by atoms with van der Waals surface area (Å²) >= 11 is 0. The standard InChI is InChI=1S/C18H20N2O3S/c1-4-12-20(17-7-5-6-14(2)13-17)24(22,23)18-10-8-16(9-11-18)19-15(3)21/h4-11,13H,1,12H2,2-3H3,(H,19,21). The molecule has 0 aliphatic carbocycles. The monoisotopic (exact) mass is 344 g/mol. The van der Waals surface area contributed by atoms with Crippen molar-refractivity contribution < 1.29 is 13.2 Å². The van der Waals surface area contributed by atoms with Crippen molar-refractivity contribution in [2.45, 2.75) is 18.7 Å². The van der Waals surface area contributed by atoms with E-state index in [9.17, 15) is 13.2 Å². The molecule has 0 aliphatic heterocycles. The van der Waals surface area contributed by atoms with Gasteiger partial charge in [-0.2, -0.15) is 0 Å². The van der Waals surface area contributed by atoms with Gasteiger partial charge < -0.3 is 5.32 Å². The molecule has 5 nitrogen and oxygen atoms in total. The molecule has 0 fully saturated rings. The highest BCUT2D eigenvalue weighted by Crippen LogP contribution is 2.25. The molecular formula is C18H20N2O3S. The van der Waals surface area contributed by atoms with Crippen LogP contribution < -0.4 is 9.62 Å². The van der Waals surface area contributed by atoms with Crippen LogP contribution in [-0.4, -0.2) is 20.9 Å². The number of rotatable bonds is 6. The average molecular weight is 344 g/mol. The zero-order valence-electron chi connectivity index (χ0n) is 13.7. The number of nitrogens with one attached hydrogen (secondary N) is 1. The van der Waals surface area contributed by atoms with Crippen molar-refractivity contribution in [3.63, 3.8) is 0 Å². The quantitative estimate of drug-likeness (QED) is 0.817. The largest absolute Gasteiger partial charge is 0.326 e. The Kier molecular flexibility index (Phi) is 5.41. The van der Waals surface area contributed by atoms with Crippen molar-refractivity contribution in [3.05, 3.63) is 66.7 Å². The summed E-state index contributed by atoms with van der Waals surface area (Å²) in [6.07, 6.45) is 1.55. The molecular weight excluding hydrogens is 324 g/mol. The van der Waals surface area contributed by atoms with Crippen molar-refractivity contribution in [2.75, 3.05) is 16.2 Å². The lowest BCUT2D eigenvalue weighted by molar-refractivity contribution is -0.114. The van der Waals surface area contributed by atoms with Crippen molar-refractivity contribution >= 4 is 27.3 Å². The van der Waals surface area contributed by atoms with Crippen LogP contribution >= 0.6 is 0 Å². The fourth-order valence-corrected chi connectivity index (χ4v) is 3.71. The summed E-state index contributed by atoms with van der Waals surface area (Å²) in [6, 6.07) is 13.4. The van der Waals surface area contributed by atoms with E-state index in [2.05, 4.69) is 11.9 Å². The Morgan fingerprint density at radius 2 is 1.88 bits per heavy atom. The van der Waals surface area contributed by atoms with Crippen LogP contribution in [-0.2, 0) is 14.8 Å². The van der Waals surface area contributed by atoms with Crippen LogP contribution in [0.3, 0.4) is 0 Å². The normalized spacial score (nSPS) is 10.9. The fraction of sp³-hybridized carbons (Fsp3) is 0.167.